The van der Waals surface area contributed by atoms with Gasteiger partial charge in [0.15, 0.2) is 0 Å². The number of amides is 1. The molecule has 1 atom stereocenters. The zero-order valence-corrected chi connectivity index (χ0v) is 8.78. The topological polar surface area (TPSA) is 52.9 Å². The van der Waals surface area contributed by atoms with Crippen molar-refractivity contribution in [2.45, 2.75) is 0 Å². The van der Waals surface area contributed by atoms with Gasteiger partial charge in [0.05, 0.1) is 24.8 Å². The molecule has 0 bridgehead atoms. The van der Waals surface area contributed by atoms with Gasteiger partial charge in [-0.2, -0.15) is 0 Å². The number of hydrogen-bond donors (Lipinski definition) is 1. The minimum absolute atomic E-state index is 0.108. The van der Waals surface area contributed by atoms with E-state index in [1.165, 1.54) is 4.90 Å². The summed E-state index contributed by atoms with van der Waals surface area (Å²) in [5.41, 5.74) is 0.682. The van der Waals surface area contributed by atoms with Gasteiger partial charge in [0, 0.05) is 0 Å². The summed E-state index contributed by atoms with van der Waals surface area (Å²) >= 11 is 4.99. The Balaban J connectivity index is 2.33. The van der Waals surface area contributed by atoms with Crippen LogP contribution in [0, 0.1) is 5.92 Å². The Hall–Kier alpha value is -1.33. The van der Waals surface area contributed by atoms with Crippen LogP contribution in [0.2, 0.25) is 0 Å². The SMILES string of the molecule is O=C1C2C=CC=CC2=NC(=S)N1CCO. The zero-order valence-electron chi connectivity index (χ0n) is 7.96. The summed E-state index contributed by atoms with van der Waals surface area (Å²) in [4.78, 5) is 17.4. The van der Waals surface area contributed by atoms with E-state index in [4.69, 9.17) is 17.3 Å². The molecule has 0 radical (unpaired) electrons. The average molecular weight is 222 g/mol. The number of carbonyl (C=O) groups is 1. The number of aliphatic imine (C=N–C) groups is 1. The monoisotopic (exact) mass is 222 g/mol. The van der Waals surface area contributed by atoms with Gasteiger partial charge in [0.2, 0.25) is 11.0 Å². The van der Waals surface area contributed by atoms with Crippen molar-refractivity contribution in [1.82, 2.24) is 4.90 Å². The molecule has 0 fully saturated rings. The Morgan fingerprint density at radius 1 is 1.53 bits per heavy atom. The van der Waals surface area contributed by atoms with Crippen molar-refractivity contribution in [2.75, 3.05) is 13.2 Å². The van der Waals surface area contributed by atoms with E-state index in [1.54, 1.807) is 12.2 Å². The van der Waals surface area contributed by atoms with Crippen molar-refractivity contribution in [3.63, 3.8) is 0 Å². The molecule has 1 unspecified atom stereocenters. The molecule has 0 saturated heterocycles. The molecule has 0 aromatic rings. The van der Waals surface area contributed by atoms with Crippen molar-refractivity contribution < 1.29 is 9.90 Å². The first-order valence-electron chi connectivity index (χ1n) is 4.63. The molecule has 5 heteroatoms. The van der Waals surface area contributed by atoms with Crippen LogP contribution in [-0.2, 0) is 4.79 Å². The van der Waals surface area contributed by atoms with Crippen LogP contribution >= 0.6 is 12.2 Å². The van der Waals surface area contributed by atoms with Crippen LogP contribution in [0.3, 0.4) is 0 Å². The molecular weight excluding hydrogens is 212 g/mol. The number of allylic oxidation sites excluding steroid dienone is 3. The number of β-amino-alcohol motifs (C(OH)–C–C–N with tert-alkyl or cyclic N) is 1. The lowest BCUT2D eigenvalue weighted by molar-refractivity contribution is -0.128. The molecule has 4 nitrogen and oxygen atoms in total. The first-order chi connectivity index (χ1) is 7.24. The van der Waals surface area contributed by atoms with Crippen LogP contribution in [0.4, 0.5) is 0 Å². The number of aliphatic hydroxyl groups excluding tert-OH is 1. The van der Waals surface area contributed by atoms with E-state index in [2.05, 4.69) is 4.99 Å². The lowest BCUT2D eigenvalue weighted by Crippen LogP contribution is -2.46. The quantitative estimate of drug-likeness (QED) is 0.683. The Bertz CT molecular complexity index is 398. The first-order valence-corrected chi connectivity index (χ1v) is 5.04. The highest BCUT2D eigenvalue weighted by molar-refractivity contribution is 7.80. The number of carbonyl (C=O) groups excluding carboxylic acids is 1. The fourth-order valence-electron chi connectivity index (χ4n) is 1.59. The minimum Gasteiger partial charge on any atom is -0.395 e. The molecule has 2 aliphatic rings. The van der Waals surface area contributed by atoms with Crippen molar-refractivity contribution in [3.8, 4) is 0 Å². The Kier molecular flexibility index (Phi) is 2.75. The van der Waals surface area contributed by atoms with Crippen molar-refractivity contribution >= 4 is 28.9 Å². The van der Waals surface area contributed by atoms with E-state index in [-0.39, 0.29) is 30.1 Å². The maximum Gasteiger partial charge on any atom is 0.241 e. The predicted octanol–water partition coefficient (Wildman–Crippen LogP) is 0.289. The molecule has 78 valence electrons. The zero-order chi connectivity index (χ0) is 10.8. The van der Waals surface area contributed by atoms with Gasteiger partial charge in [-0.3, -0.25) is 9.69 Å². The smallest absolute Gasteiger partial charge is 0.241 e. The largest absolute Gasteiger partial charge is 0.395 e. The van der Waals surface area contributed by atoms with E-state index in [0.29, 0.717) is 5.71 Å². The van der Waals surface area contributed by atoms with Gasteiger partial charge in [-0.25, -0.2) is 4.99 Å². The van der Waals surface area contributed by atoms with Crippen molar-refractivity contribution in [3.05, 3.63) is 24.3 Å². The summed E-state index contributed by atoms with van der Waals surface area (Å²) in [6.45, 7) is 0.103. The van der Waals surface area contributed by atoms with Crippen LogP contribution in [0.5, 0.6) is 0 Å². The molecule has 0 aromatic carbocycles. The molecule has 1 N–H and O–H groups in total. The summed E-state index contributed by atoms with van der Waals surface area (Å²) in [6.07, 6.45) is 7.21. The van der Waals surface area contributed by atoms with E-state index in [1.807, 2.05) is 12.2 Å². The number of fused-ring (bicyclic) bond motifs is 1. The molecule has 1 amide bonds. The highest BCUT2D eigenvalue weighted by Gasteiger charge is 2.32. The second-order valence-corrected chi connectivity index (χ2v) is 3.62. The van der Waals surface area contributed by atoms with Crippen LogP contribution in [-0.4, -0.2) is 39.9 Å². The summed E-state index contributed by atoms with van der Waals surface area (Å²) in [7, 11) is 0. The standard InChI is InChI=1S/C10H10N2O2S/c13-6-5-12-9(14)7-3-1-2-4-8(7)11-10(12)15/h1-4,7,13H,5-6H2. The minimum atomic E-state index is -0.340. The van der Waals surface area contributed by atoms with E-state index in [0.717, 1.165) is 0 Å². The third-order valence-electron chi connectivity index (χ3n) is 2.31. The van der Waals surface area contributed by atoms with Gasteiger partial charge in [-0.15, -0.1) is 0 Å². The number of thiocarbonyl (C=S) groups is 1. The fourth-order valence-corrected chi connectivity index (χ4v) is 1.87. The number of aliphatic hydroxyl groups is 1. The molecule has 15 heavy (non-hydrogen) atoms. The number of rotatable bonds is 2. The van der Waals surface area contributed by atoms with Gasteiger partial charge in [-0.05, 0) is 18.3 Å². The average Bonchev–Trinajstić information content (AvgIpc) is 2.24. The van der Waals surface area contributed by atoms with Gasteiger partial charge in [0.1, 0.15) is 0 Å². The molecule has 2 rings (SSSR count). The fraction of sp³-hybridized carbons (Fsp3) is 0.300. The normalized spacial score (nSPS) is 24.2. The van der Waals surface area contributed by atoms with E-state index < -0.39 is 0 Å². The summed E-state index contributed by atoms with van der Waals surface area (Å²) in [5.74, 6) is -0.451. The van der Waals surface area contributed by atoms with E-state index >= 15 is 0 Å². The Morgan fingerprint density at radius 3 is 3.07 bits per heavy atom. The van der Waals surface area contributed by atoms with Crippen molar-refractivity contribution in [2.24, 2.45) is 10.9 Å². The Labute approximate surface area is 92.6 Å². The van der Waals surface area contributed by atoms with Crippen molar-refractivity contribution in [1.29, 1.82) is 0 Å². The molecule has 0 saturated carbocycles. The lowest BCUT2D eigenvalue weighted by Gasteiger charge is -2.29. The Morgan fingerprint density at radius 2 is 2.33 bits per heavy atom. The van der Waals surface area contributed by atoms with E-state index in [9.17, 15) is 4.79 Å². The molecule has 1 aliphatic heterocycles. The van der Waals surface area contributed by atoms with Gasteiger partial charge in [0.25, 0.3) is 0 Å². The third-order valence-corrected chi connectivity index (χ3v) is 2.62. The highest BCUT2D eigenvalue weighted by atomic mass is 32.1. The molecule has 1 heterocycles. The second kappa shape index (κ2) is 4.04. The predicted molar refractivity (Wildman–Crippen MR) is 60.6 cm³/mol. The van der Waals surface area contributed by atoms with Crippen LogP contribution in [0.1, 0.15) is 0 Å². The van der Waals surface area contributed by atoms with Gasteiger partial charge in [-0.1, -0.05) is 18.2 Å². The summed E-state index contributed by atoms with van der Waals surface area (Å²) < 4.78 is 0. The summed E-state index contributed by atoms with van der Waals surface area (Å²) in [5, 5.41) is 9.05. The highest BCUT2D eigenvalue weighted by Crippen LogP contribution is 2.19. The molecule has 0 spiro atoms. The van der Waals surface area contributed by atoms with Gasteiger partial charge >= 0.3 is 0 Å². The maximum absolute atomic E-state index is 11.9. The first kappa shape index (κ1) is 10.2. The maximum atomic E-state index is 11.9. The second-order valence-electron chi connectivity index (χ2n) is 3.25. The molecule has 1 aliphatic carbocycles. The lowest BCUT2D eigenvalue weighted by atomic mass is 9.95. The molecule has 0 aromatic heterocycles. The molecular formula is C10H10N2O2S. The van der Waals surface area contributed by atoms with Crippen LogP contribution in [0.15, 0.2) is 29.3 Å². The summed E-state index contributed by atoms with van der Waals surface area (Å²) in [6, 6.07) is 0. The van der Waals surface area contributed by atoms with Gasteiger partial charge < -0.3 is 5.11 Å². The van der Waals surface area contributed by atoms with Crippen LogP contribution < -0.4 is 0 Å². The third kappa shape index (κ3) is 1.75. The number of nitrogens with zero attached hydrogens (tertiary/aromatic N) is 2. The number of hydrogen-bond acceptors (Lipinski definition) is 3. The van der Waals surface area contributed by atoms with Crippen LogP contribution in [0.25, 0.3) is 0 Å².